The maximum atomic E-state index is 13.3. The molecular weight excluding hydrogens is 540 g/mol. The molecule has 7 nitrogen and oxygen atoms in total. The molecule has 1 fully saturated rings. The lowest BCUT2D eigenvalue weighted by Crippen LogP contribution is -2.42. The van der Waals surface area contributed by atoms with Crippen molar-refractivity contribution in [3.8, 4) is 11.3 Å². The number of aromatic nitrogens is 3. The molecule has 1 saturated heterocycles. The minimum Gasteiger partial charge on any atom is -0.370 e. The van der Waals surface area contributed by atoms with Crippen molar-refractivity contribution in [3.63, 3.8) is 0 Å². The van der Waals surface area contributed by atoms with Gasteiger partial charge < -0.3 is 5.32 Å². The van der Waals surface area contributed by atoms with Crippen molar-refractivity contribution in [2.75, 3.05) is 25.0 Å². The minimum atomic E-state index is -3.78. The molecule has 184 valence electrons. The second kappa shape index (κ2) is 10.2. The Balaban J connectivity index is 1.39. The standard InChI is InChI=1S/C24H21BCl3N5O2S/c25-17-13-30-33-22(11-20(31-24(17)33)16-6-1-2-7-18(16)26)29-12-15-5-4-10-32(14-15)36(34,35)21-9-3-8-19(27)23(21)28/h1-3,6-9,11,13,15,29H,4-5,10,12,14H2. The van der Waals surface area contributed by atoms with Gasteiger partial charge in [0.1, 0.15) is 18.6 Å². The number of nitrogens with one attached hydrogen (secondary N) is 1. The van der Waals surface area contributed by atoms with E-state index in [-0.39, 0.29) is 20.9 Å². The predicted molar refractivity (Wildman–Crippen MR) is 145 cm³/mol. The molecule has 2 aromatic carbocycles. The highest BCUT2D eigenvalue weighted by Gasteiger charge is 2.32. The third-order valence-electron chi connectivity index (χ3n) is 6.24. The van der Waals surface area contributed by atoms with Crippen LogP contribution in [-0.2, 0) is 10.0 Å². The third kappa shape index (κ3) is 4.83. The summed E-state index contributed by atoms with van der Waals surface area (Å²) in [5.41, 5.74) is 2.39. The van der Waals surface area contributed by atoms with Crippen LogP contribution in [0, 0.1) is 5.92 Å². The average molecular weight is 561 g/mol. The van der Waals surface area contributed by atoms with E-state index in [1.54, 1.807) is 28.9 Å². The lowest BCUT2D eigenvalue weighted by atomic mass is 9.99. The van der Waals surface area contributed by atoms with E-state index in [1.165, 1.54) is 10.4 Å². The molecule has 0 aliphatic carbocycles. The van der Waals surface area contributed by atoms with Crippen molar-refractivity contribution in [2.24, 2.45) is 5.92 Å². The van der Waals surface area contributed by atoms with E-state index in [9.17, 15) is 8.42 Å². The number of halogens is 3. The lowest BCUT2D eigenvalue weighted by molar-refractivity contribution is 0.275. The fourth-order valence-electron chi connectivity index (χ4n) is 4.40. The number of hydrogen-bond acceptors (Lipinski definition) is 5. The molecule has 36 heavy (non-hydrogen) atoms. The number of nitrogens with zero attached hydrogens (tertiary/aromatic N) is 4. The van der Waals surface area contributed by atoms with Crippen LogP contribution in [0.2, 0.25) is 15.1 Å². The number of rotatable bonds is 6. The van der Waals surface area contributed by atoms with Gasteiger partial charge in [0, 0.05) is 42.5 Å². The Morgan fingerprint density at radius 3 is 2.67 bits per heavy atom. The van der Waals surface area contributed by atoms with Gasteiger partial charge in [0.15, 0.2) is 5.65 Å². The molecule has 0 amide bonds. The molecule has 0 spiro atoms. The summed E-state index contributed by atoms with van der Waals surface area (Å²) in [5, 5.41) is 8.61. The van der Waals surface area contributed by atoms with Gasteiger partial charge in [-0.3, -0.25) is 0 Å². The fourth-order valence-corrected chi connectivity index (χ4v) is 6.92. The maximum Gasteiger partial charge on any atom is 0.244 e. The summed E-state index contributed by atoms with van der Waals surface area (Å²) in [6.07, 6.45) is 3.15. The zero-order valence-electron chi connectivity index (χ0n) is 19.0. The molecule has 5 rings (SSSR count). The molecule has 1 atom stereocenters. The Bertz CT molecular complexity index is 1550. The Morgan fingerprint density at radius 1 is 1.08 bits per heavy atom. The van der Waals surface area contributed by atoms with Crippen molar-refractivity contribution in [3.05, 3.63) is 69.8 Å². The van der Waals surface area contributed by atoms with Gasteiger partial charge in [-0.1, -0.05) is 59.1 Å². The highest BCUT2D eigenvalue weighted by atomic mass is 35.5. The first-order valence-electron chi connectivity index (χ1n) is 11.3. The van der Waals surface area contributed by atoms with Crippen LogP contribution >= 0.6 is 34.8 Å². The Hall–Kier alpha value is -2.30. The highest BCUT2D eigenvalue weighted by Crippen LogP contribution is 2.33. The molecule has 4 aromatic rings. The van der Waals surface area contributed by atoms with Crippen LogP contribution in [0.1, 0.15) is 12.8 Å². The molecule has 3 heterocycles. The third-order valence-corrected chi connectivity index (χ3v) is 9.40. The summed E-state index contributed by atoms with van der Waals surface area (Å²) in [4.78, 5) is 4.68. The van der Waals surface area contributed by atoms with Crippen LogP contribution in [0.4, 0.5) is 5.82 Å². The molecule has 2 aromatic heterocycles. The monoisotopic (exact) mass is 559 g/mol. The first kappa shape index (κ1) is 25.4. The molecule has 1 aliphatic heterocycles. The fraction of sp³-hybridized carbons (Fsp3) is 0.250. The van der Waals surface area contributed by atoms with Crippen molar-refractivity contribution >= 4 is 69.6 Å². The van der Waals surface area contributed by atoms with Crippen LogP contribution in [0.3, 0.4) is 0 Å². The highest BCUT2D eigenvalue weighted by molar-refractivity contribution is 7.89. The first-order valence-corrected chi connectivity index (χ1v) is 13.9. The van der Waals surface area contributed by atoms with E-state index in [0.29, 0.717) is 47.3 Å². The van der Waals surface area contributed by atoms with E-state index in [2.05, 4.69) is 15.4 Å². The number of sulfonamides is 1. The van der Waals surface area contributed by atoms with Gasteiger partial charge in [-0.2, -0.15) is 13.9 Å². The average Bonchev–Trinajstić information content (AvgIpc) is 3.25. The smallest absolute Gasteiger partial charge is 0.244 e. The van der Waals surface area contributed by atoms with Crippen LogP contribution < -0.4 is 10.8 Å². The number of fused-ring (bicyclic) bond motifs is 1. The van der Waals surface area contributed by atoms with Gasteiger partial charge in [0.25, 0.3) is 0 Å². The van der Waals surface area contributed by atoms with Gasteiger partial charge in [-0.25, -0.2) is 13.4 Å². The van der Waals surface area contributed by atoms with Crippen LogP contribution in [0.5, 0.6) is 0 Å². The van der Waals surface area contributed by atoms with Crippen molar-refractivity contribution < 1.29 is 8.42 Å². The SMILES string of the molecule is [B]c1cnn2c(NCC3CCCN(S(=O)(=O)c4cccc(Cl)c4Cl)C3)cc(-c3ccccc3Cl)nc12. The van der Waals surface area contributed by atoms with E-state index in [0.717, 1.165) is 18.4 Å². The summed E-state index contributed by atoms with van der Waals surface area (Å²) in [5.74, 6) is 0.746. The number of piperidine rings is 1. The van der Waals surface area contributed by atoms with Crippen LogP contribution in [0.15, 0.2) is 59.6 Å². The van der Waals surface area contributed by atoms with Crippen molar-refractivity contribution in [1.82, 2.24) is 18.9 Å². The van der Waals surface area contributed by atoms with E-state index in [1.807, 2.05) is 24.3 Å². The number of benzene rings is 2. The summed E-state index contributed by atoms with van der Waals surface area (Å²) in [7, 11) is 2.33. The molecule has 1 N–H and O–H groups in total. The molecule has 12 heteroatoms. The second-order valence-electron chi connectivity index (χ2n) is 8.65. The normalized spacial score (nSPS) is 16.9. The molecule has 1 aliphatic rings. The topological polar surface area (TPSA) is 79.6 Å². The van der Waals surface area contributed by atoms with Crippen molar-refractivity contribution in [2.45, 2.75) is 17.7 Å². The van der Waals surface area contributed by atoms with E-state index >= 15 is 0 Å². The summed E-state index contributed by atoms with van der Waals surface area (Å²) in [6.45, 7) is 1.30. The van der Waals surface area contributed by atoms with Gasteiger partial charge >= 0.3 is 0 Å². The van der Waals surface area contributed by atoms with Gasteiger partial charge in [0.2, 0.25) is 10.0 Å². The lowest BCUT2D eigenvalue weighted by Gasteiger charge is -2.32. The molecular formula is C24H21BCl3N5O2S. The second-order valence-corrected chi connectivity index (χ2v) is 11.7. The van der Waals surface area contributed by atoms with Crippen molar-refractivity contribution in [1.29, 1.82) is 0 Å². The van der Waals surface area contributed by atoms with Gasteiger partial charge in [-0.05, 0) is 42.4 Å². The molecule has 2 radical (unpaired) electrons. The zero-order chi connectivity index (χ0) is 25.4. The first-order chi connectivity index (χ1) is 17.3. The Kier molecular flexibility index (Phi) is 7.20. The molecule has 0 bridgehead atoms. The van der Waals surface area contributed by atoms with E-state index < -0.39 is 10.0 Å². The summed E-state index contributed by atoms with van der Waals surface area (Å²) >= 11 is 18.7. The zero-order valence-corrected chi connectivity index (χ0v) is 22.1. The Morgan fingerprint density at radius 2 is 1.86 bits per heavy atom. The van der Waals surface area contributed by atoms with Gasteiger partial charge in [0.05, 0.1) is 15.7 Å². The maximum absolute atomic E-state index is 13.3. The quantitative estimate of drug-likeness (QED) is 0.347. The summed E-state index contributed by atoms with van der Waals surface area (Å²) < 4.78 is 29.7. The van der Waals surface area contributed by atoms with Crippen LogP contribution in [-0.4, -0.2) is 54.8 Å². The Labute approximate surface area is 225 Å². The molecule has 1 unspecified atom stereocenters. The largest absolute Gasteiger partial charge is 0.370 e. The number of hydrogen-bond donors (Lipinski definition) is 1. The molecule has 0 saturated carbocycles. The predicted octanol–water partition coefficient (Wildman–Crippen LogP) is 4.66. The van der Waals surface area contributed by atoms with E-state index in [4.69, 9.17) is 42.6 Å². The summed E-state index contributed by atoms with van der Waals surface area (Å²) in [6, 6.07) is 14.0. The number of anilines is 1. The van der Waals surface area contributed by atoms with Gasteiger partial charge in [-0.15, -0.1) is 0 Å². The minimum absolute atomic E-state index is 0.0255. The van der Waals surface area contributed by atoms with Crippen LogP contribution in [0.25, 0.3) is 16.9 Å².